The number of aromatic nitrogens is 3. The summed E-state index contributed by atoms with van der Waals surface area (Å²) in [4.78, 5) is 4.09. The largest absolute Gasteiger partial charge is 0.383 e. The molecular weight excluding hydrogens is 240 g/mol. The van der Waals surface area contributed by atoms with Crippen molar-refractivity contribution in [3.8, 4) is 6.07 Å². The molecule has 1 aliphatic rings. The Bertz CT molecular complexity index is 689. The van der Waals surface area contributed by atoms with Gasteiger partial charge in [0, 0.05) is 0 Å². The summed E-state index contributed by atoms with van der Waals surface area (Å²) >= 11 is 0. The highest BCUT2D eigenvalue weighted by atomic mass is 15.4. The van der Waals surface area contributed by atoms with Crippen molar-refractivity contribution in [1.29, 1.82) is 5.26 Å². The van der Waals surface area contributed by atoms with Gasteiger partial charge in [-0.05, 0) is 12.5 Å². The number of nitrogens with one attached hydrogen (secondary N) is 1. The number of anilines is 1. The first-order valence-electron chi connectivity index (χ1n) is 5.84. The predicted molar refractivity (Wildman–Crippen MR) is 70.6 cm³/mol. The van der Waals surface area contributed by atoms with Crippen LogP contribution in [0.5, 0.6) is 0 Å². The van der Waals surface area contributed by atoms with E-state index in [1.165, 1.54) is 11.0 Å². The van der Waals surface area contributed by atoms with Gasteiger partial charge in [-0.15, -0.1) is 0 Å². The molecule has 3 N–H and O–H groups in total. The highest BCUT2D eigenvalue weighted by Crippen LogP contribution is 2.32. The van der Waals surface area contributed by atoms with Crippen molar-refractivity contribution in [3.05, 3.63) is 47.3 Å². The third-order valence-electron chi connectivity index (χ3n) is 3.15. The van der Waals surface area contributed by atoms with Gasteiger partial charge in [-0.25, -0.2) is 0 Å². The van der Waals surface area contributed by atoms with E-state index >= 15 is 0 Å². The van der Waals surface area contributed by atoms with Crippen LogP contribution < -0.4 is 11.1 Å². The summed E-state index contributed by atoms with van der Waals surface area (Å²) in [6.07, 6.45) is 1.40. The van der Waals surface area contributed by atoms with Gasteiger partial charge in [0.1, 0.15) is 18.2 Å². The number of nitrogens with two attached hydrogens (primary N) is 1. The molecule has 1 aliphatic heterocycles. The van der Waals surface area contributed by atoms with Crippen LogP contribution in [0.25, 0.3) is 5.82 Å². The fraction of sp³-hybridized carbons (Fsp3) is 0.154. The molecule has 0 bridgehead atoms. The quantitative estimate of drug-likeness (QED) is 0.800. The van der Waals surface area contributed by atoms with Crippen molar-refractivity contribution in [2.75, 3.05) is 5.32 Å². The Kier molecular flexibility index (Phi) is 2.46. The lowest BCUT2D eigenvalue weighted by atomic mass is 9.97. The molecule has 6 nitrogen and oxygen atoms in total. The smallest absolute Gasteiger partial charge is 0.228 e. The predicted octanol–water partition coefficient (Wildman–Crippen LogP) is 1.40. The first-order chi connectivity index (χ1) is 9.20. The van der Waals surface area contributed by atoms with Gasteiger partial charge >= 0.3 is 0 Å². The fourth-order valence-corrected chi connectivity index (χ4v) is 2.11. The van der Waals surface area contributed by atoms with Crippen molar-refractivity contribution < 1.29 is 0 Å². The number of nitrogens with zero attached hydrogens (tertiary/aromatic N) is 4. The normalized spacial score (nSPS) is 17.6. The van der Waals surface area contributed by atoms with E-state index in [9.17, 15) is 5.26 Å². The summed E-state index contributed by atoms with van der Waals surface area (Å²) < 4.78 is 1.43. The second-order valence-corrected chi connectivity index (χ2v) is 4.39. The molecule has 0 saturated carbocycles. The number of nitriles is 1. The molecule has 1 aromatic carbocycles. The zero-order valence-corrected chi connectivity index (χ0v) is 10.3. The average Bonchev–Trinajstić information content (AvgIpc) is 2.88. The second-order valence-electron chi connectivity index (χ2n) is 4.39. The van der Waals surface area contributed by atoms with Crippen molar-refractivity contribution in [2.24, 2.45) is 5.73 Å². The van der Waals surface area contributed by atoms with Gasteiger partial charge in [-0.1, -0.05) is 29.8 Å². The summed E-state index contributed by atoms with van der Waals surface area (Å²) in [7, 11) is 0. The SMILES string of the molecule is Cc1ccc(C2Nc3ncnn3C(N)=C2C#N)cc1. The first kappa shape index (κ1) is 11.3. The van der Waals surface area contributed by atoms with Crippen molar-refractivity contribution in [2.45, 2.75) is 13.0 Å². The maximum absolute atomic E-state index is 9.32. The Morgan fingerprint density at radius 2 is 2.11 bits per heavy atom. The topological polar surface area (TPSA) is 92.6 Å². The van der Waals surface area contributed by atoms with E-state index in [2.05, 4.69) is 21.5 Å². The first-order valence-corrected chi connectivity index (χ1v) is 5.84. The lowest BCUT2D eigenvalue weighted by molar-refractivity contribution is 0.794. The average molecular weight is 252 g/mol. The van der Waals surface area contributed by atoms with Gasteiger partial charge in [-0.3, -0.25) is 0 Å². The molecule has 1 unspecified atom stereocenters. The van der Waals surface area contributed by atoms with Crippen LogP contribution in [-0.4, -0.2) is 14.8 Å². The van der Waals surface area contributed by atoms with E-state index in [0.717, 1.165) is 11.1 Å². The van der Waals surface area contributed by atoms with Gasteiger partial charge in [-0.2, -0.15) is 20.0 Å². The number of rotatable bonds is 1. The van der Waals surface area contributed by atoms with Crippen molar-refractivity contribution in [3.63, 3.8) is 0 Å². The summed E-state index contributed by atoms with van der Waals surface area (Å²) in [6, 6.07) is 9.82. The van der Waals surface area contributed by atoms with Gasteiger partial charge in [0.25, 0.3) is 0 Å². The highest BCUT2D eigenvalue weighted by Gasteiger charge is 2.28. The van der Waals surface area contributed by atoms with Gasteiger partial charge in [0.2, 0.25) is 5.95 Å². The number of hydrogen-bond donors (Lipinski definition) is 2. The molecular formula is C13H12N6. The van der Waals surface area contributed by atoms with Crippen LogP contribution in [-0.2, 0) is 0 Å². The molecule has 94 valence electrons. The molecule has 0 aliphatic carbocycles. The van der Waals surface area contributed by atoms with Crippen LogP contribution in [0.15, 0.2) is 36.2 Å². The van der Waals surface area contributed by atoms with Crippen LogP contribution in [0, 0.1) is 18.3 Å². The van der Waals surface area contributed by atoms with E-state index in [-0.39, 0.29) is 6.04 Å². The summed E-state index contributed by atoms with van der Waals surface area (Å²) in [6.45, 7) is 2.02. The van der Waals surface area contributed by atoms with E-state index < -0.39 is 0 Å². The summed E-state index contributed by atoms with van der Waals surface area (Å²) in [5.41, 5.74) is 8.56. The molecule has 2 heterocycles. The van der Waals surface area contributed by atoms with Crippen LogP contribution in [0.3, 0.4) is 0 Å². The van der Waals surface area contributed by atoms with Crippen LogP contribution in [0.4, 0.5) is 5.95 Å². The minimum atomic E-state index is -0.290. The van der Waals surface area contributed by atoms with Gasteiger partial charge in [0.05, 0.1) is 11.6 Å². The minimum absolute atomic E-state index is 0.290. The molecule has 2 aromatic rings. The molecule has 0 radical (unpaired) electrons. The summed E-state index contributed by atoms with van der Waals surface area (Å²) in [5.74, 6) is 0.862. The van der Waals surface area contributed by atoms with E-state index in [4.69, 9.17) is 5.73 Å². The number of aryl methyl sites for hydroxylation is 1. The van der Waals surface area contributed by atoms with Crippen LogP contribution >= 0.6 is 0 Å². The highest BCUT2D eigenvalue weighted by molar-refractivity contribution is 5.65. The Hall–Kier alpha value is -2.81. The van der Waals surface area contributed by atoms with E-state index in [0.29, 0.717) is 17.3 Å². The monoisotopic (exact) mass is 252 g/mol. The lowest BCUT2D eigenvalue weighted by Crippen LogP contribution is -2.27. The Morgan fingerprint density at radius 3 is 2.79 bits per heavy atom. The molecule has 0 saturated heterocycles. The molecule has 1 atom stereocenters. The minimum Gasteiger partial charge on any atom is -0.383 e. The van der Waals surface area contributed by atoms with Crippen LogP contribution in [0.2, 0.25) is 0 Å². The van der Waals surface area contributed by atoms with Crippen LogP contribution in [0.1, 0.15) is 17.2 Å². The summed E-state index contributed by atoms with van der Waals surface area (Å²) in [5, 5.41) is 16.5. The molecule has 0 fully saturated rings. The number of benzene rings is 1. The zero-order valence-electron chi connectivity index (χ0n) is 10.3. The second kappa shape index (κ2) is 4.14. The van der Waals surface area contributed by atoms with Crippen molar-refractivity contribution in [1.82, 2.24) is 14.8 Å². The Balaban J connectivity index is 2.11. The molecule has 19 heavy (non-hydrogen) atoms. The maximum atomic E-state index is 9.32. The third kappa shape index (κ3) is 1.72. The van der Waals surface area contributed by atoms with Gasteiger partial charge < -0.3 is 11.1 Å². The Morgan fingerprint density at radius 1 is 1.37 bits per heavy atom. The standard InChI is InChI=1S/C13H12N6/c1-8-2-4-9(5-3-8)11-10(6-14)12(15)19-13(18-11)16-7-17-19/h2-5,7,11H,15H2,1H3,(H,16,17,18). The number of fused-ring (bicyclic) bond motifs is 1. The van der Waals surface area contributed by atoms with E-state index in [1.54, 1.807) is 0 Å². The lowest BCUT2D eigenvalue weighted by Gasteiger charge is -2.25. The maximum Gasteiger partial charge on any atom is 0.228 e. The zero-order chi connectivity index (χ0) is 13.4. The molecule has 6 heteroatoms. The molecule has 0 amide bonds. The molecule has 3 rings (SSSR count). The Labute approximate surface area is 110 Å². The molecule has 0 spiro atoms. The third-order valence-corrected chi connectivity index (χ3v) is 3.15. The number of hydrogen-bond acceptors (Lipinski definition) is 5. The van der Waals surface area contributed by atoms with E-state index in [1.807, 2.05) is 31.2 Å². The fourth-order valence-electron chi connectivity index (χ4n) is 2.11. The van der Waals surface area contributed by atoms with Gasteiger partial charge in [0.15, 0.2) is 0 Å². The van der Waals surface area contributed by atoms with Crippen molar-refractivity contribution >= 4 is 11.8 Å². The molecule has 1 aromatic heterocycles.